The fourth-order valence-electron chi connectivity index (χ4n) is 3.67. The highest BCUT2D eigenvalue weighted by Crippen LogP contribution is 2.30. The molecule has 1 amide bonds. The van der Waals surface area contributed by atoms with E-state index in [1.807, 2.05) is 24.3 Å². The first kappa shape index (κ1) is 23.2. The lowest BCUT2D eigenvalue weighted by atomic mass is 9.87. The summed E-state index contributed by atoms with van der Waals surface area (Å²) in [6, 6.07) is 12.6. The fourth-order valence-corrected chi connectivity index (χ4v) is 5.38. The molecule has 0 spiro atoms. The highest BCUT2D eigenvalue weighted by Gasteiger charge is 2.25. The lowest BCUT2D eigenvalue weighted by Gasteiger charge is -2.30. The summed E-state index contributed by atoms with van der Waals surface area (Å²) in [6.07, 6.45) is 2.72. The number of carbonyl (C=O) groups excluding carboxylic acids is 1. The predicted molar refractivity (Wildman–Crippen MR) is 128 cm³/mol. The molecule has 1 aromatic heterocycles. The number of rotatable bonds is 6. The fraction of sp³-hybridized carbons (Fsp3) is 0.348. The maximum atomic E-state index is 12.9. The zero-order chi connectivity index (χ0) is 23.6. The molecule has 0 fully saturated rings. The van der Waals surface area contributed by atoms with Crippen LogP contribution in [0.15, 0.2) is 53.7 Å². The van der Waals surface area contributed by atoms with E-state index in [1.165, 1.54) is 18.0 Å². The van der Waals surface area contributed by atoms with Crippen molar-refractivity contribution in [2.24, 2.45) is 0 Å². The summed E-state index contributed by atoms with van der Waals surface area (Å²) < 4.78 is 37.3. The van der Waals surface area contributed by atoms with Crippen molar-refractivity contribution in [3.8, 4) is 5.75 Å². The van der Waals surface area contributed by atoms with Gasteiger partial charge in [-0.1, -0.05) is 32.9 Å². The number of hydrogen-bond donors (Lipinski definition) is 1. The number of fused-ring (bicyclic) bond motifs is 1. The molecule has 4 rings (SSSR count). The Hall–Kier alpha value is -2.98. The summed E-state index contributed by atoms with van der Waals surface area (Å²) in [6.45, 7) is 6.90. The minimum absolute atomic E-state index is 0.0465. The number of anilines is 2. The Kier molecular flexibility index (Phi) is 6.40. The lowest BCUT2D eigenvalue weighted by Crippen LogP contribution is -2.38. The van der Waals surface area contributed by atoms with Crippen molar-refractivity contribution in [1.29, 1.82) is 0 Å². The van der Waals surface area contributed by atoms with Gasteiger partial charge in [-0.2, -0.15) is 4.37 Å². The third kappa shape index (κ3) is 5.33. The van der Waals surface area contributed by atoms with Crippen LogP contribution in [0.3, 0.4) is 0 Å². The van der Waals surface area contributed by atoms with Gasteiger partial charge in [0.05, 0.1) is 4.90 Å². The Morgan fingerprint density at radius 1 is 1.18 bits per heavy atom. The summed E-state index contributed by atoms with van der Waals surface area (Å²) in [5.74, 6) is 0.469. The van der Waals surface area contributed by atoms with E-state index in [0.717, 1.165) is 23.5 Å². The van der Waals surface area contributed by atoms with Gasteiger partial charge in [0.25, 0.3) is 15.9 Å². The number of aryl methyl sites for hydroxylation is 1. The summed E-state index contributed by atoms with van der Waals surface area (Å²) in [5, 5.41) is 0.206. The van der Waals surface area contributed by atoms with Gasteiger partial charge in [-0.3, -0.25) is 9.52 Å². The van der Waals surface area contributed by atoms with E-state index in [1.54, 1.807) is 17.0 Å². The number of nitrogens with one attached hydrogen (secondary N) is 1. The highest BCUT2D eigenvalue weighted by atomic mass is 32.2. The van der Waals surface area contributed by atoms with Crippen molar-refractivity contribution in [2.75, 3.05) is 22.8 Å². The van der Waals surface area contributed by atoms with Crippen LogP contribution in [0.2, 0.25) is 0 Å². The van der Waals surface area contributed by atoms with E-state index >= 15 is 0 Å². The van der Waals surface area contributed by atoms with Crippen LogP contribution in [-0.2, 0) is 26.7 Å². The molecule has 33 heavy (non-hydrogen) atoms. The normalized spacial score (nSPS) is 14.0. The van der Waals surface area contributed by atoms with Crippen LogP contribution in [0, 0.1) is 0 Å². The minimum atomic E-state index is -3.79. The topological polar surface area (TPSA) is 101 Å². The summed E-state index contributed by atoms with van der Waals surface area (Å²) in [7, 11) is -3.79. The van der Waals surface area contributed by atoms with Gasteiger partial charge in [-0.15, -0.1) is 0 Å². The molecule has 0 unspecified atom stereocenters. The molecular formula is C23H26N4O4S2. The smallest absolute Gasteiger partial charge is 0.264 e. The van der Waals surface area contributed by atoms with Gasteiger partial charge in [-0.25, -0.2) is 13.4 Å². The zero-order valence-corrected chi connectivity index (χ0v) is 20.4. The van der Waals surface area contributed by atoms with E-state index in [4.69, 9.17) is 4.74 Å². The molecule has 1 aliphatic heterocycles. The van der Waals surface area contributed by atoms with Crippen LogP contribution < -0.4 is 14.4 Å². The Labute approximate surface area is 197 Å². The molecule has 1 aliphatic rings. The lowest BCUT2D eigenvalue weighted by molar-refractivity contribution is -0.120. The second-order valence-corrected chi connectivity index (χ2v) is 11.3. The number of nitrogens with zero attached hydrogens (tertiary/aromatic N) is 3. The molecule has 3 aromatic rings. The molecule has 2 heterocycles. The van der Waals surface area contributed by atoms with Crippen molar-refractivity contribution in [2.45, 2.75) is 43.9 Å². The van der Waals surface area contributed by atoms with Crippen molar-refractivity contribution < 1.29 is 17.9 Å². The number of hydrogen-bond acceptors (Lipinski definition) is 7. The highest BCUT2D eigenvalue weighted by molar-refractivity contribution is 7.93. The molecule has 174 valence electrons. The zero-order valence-electron chi connectivity index (χ0n) is 18.7. The van der Waals surface area contributed by atoms with E-state index < -0.39 is 10.0 Å². The summed E-state index contributed by atoms with van der Waals surface area (Å²) in [4.78, 5) is 18.6. The maximum Gasteiger partial charge on any atom is 0.264 e. The van der Waals surface area contributed by atoms with Crippen molar-refractivity contribution >= 4 is 38.3 Å². The summed E-state index contributed by atoms with van der Waals surface area (Å²) in [5.41, 5.74) is 2.76. The molecule has 10 heteroatoms. The van der Waals surface area contributed by atoms with Crippen LogP contribution >= 0.6 is 11.5 Å². The first-order chi connectivity index (χ1) is 15.6. The minimum Gasteiger partial charge on any atom is -0.484 e. The Morgan fingerprint density at radius 2 is 1.94 bits per heavy atom. The van der Waals surface area contributed by atoms with Gasteiger partial charge in [0.15, 0.2) is 6.61 Å². The van der Waals surface area contributed by atoms with Crippen molar-refractivity contribution in [3.05, 3.63) is 59.9 Å². The average molecular weight is 487 g/mol. The van der Waals surface area contributed by atoms with E-state index in [9.17, 15) is 13.2 Å². The largest absolute Gasteiger partial charge is 0.484 e. The molecule has 0 atom stereocenters. The van der Waals surface area contributed by atoms with E-state index in [0.29, 0.717) is 24.4 Å². The third-order valence-corrected chi connectivity index (χ3v) is 7.49. The number of ether oxygens (including phenoxy) is 1. The van der Waals surface area contributed by atoms with Crippen LogP contribution in [0.5, 0.6) is 5.75 Å². The van der Waals surface area contributed by atoms with Gasteiger partial charge in [-0.05, 0) is 59.7 Å². The van der Waals surface area contributed by atoms with Crippen LogP contribution in [-0.4, -0.2) is 36.8 Å². The molecule has 0 saturated heterocycles. The van der Waals surface area contributed by atoms with Gasteiger partial charge in [0, 0.05) is 23.8 Å². The summed E-state index contributed by atoms with van der Waals surface area (Å²) >= 11 is 0.965. The molecule has 0 saturated carbocycles. The molecule has 8 nitrogen and oxygen atoms in total. The van der Waals surface area contributed by atoms with Crippen LogP contribution in [0.1, 0.15) is 38.3 Å². The monoisotopic (exact) mass is 486 g/mol. The van der Waals surface area contributed by atoms with Crippen LogP contribution in [0.25, 0.3) is 0 Å². The van der Waals surface area contributed by atoms with Crippen molar-refractivity contribution in [1.82, 2.24) is 9.36 Å². The van der Waals surface area contributed by atoms with Gasteiger partial charge in [0.1, 0.15) is 12.1 Å². The second-order valence-electron chi connectivity index (χ2n) is 8.85. The first-order valence-electron chi connectivity index (χ1n) is 10.6. The predicted octanol–water partition coefficient (Wildman–Crippen LogP) is 3.99. The van der Waals surface area contributed by atoms with Crippen LogP contribution in [0.4, 0.5) is 10.8 Å². The number of amides is 1. The van der Waals surface area contributed by atoms with Gasteiger partial charge in [0.2, 0.25) is 5.13 Å². The average Bonchev–Trinajstić information content (AvgIpc) is 3.28. The standard InChI is InChI=1S/C23H26N4O4S2/c1-23(2,3)17-6-8-18(9-7-17)31-14-21(28)27-12-4-5-16-13-19(10-11-20(16)27)33(29,30)26-22-24-15-25-32-22/h6-11,13,15H,4-5,12,14H2,1-3H3,(H,24,25,26). The SMILES string of the molecule is CC(C)(C)c1ccc(OCC(=O)N2CCCc3cc(S(=O)(=O)Nc4ncns4)ccc32)cc1. The number of aromatic nitrogens is 2. The molecule has 0 radical (unpaired) electrons. The van der Waals surface area contributed by atoms with Crippen molar-refractivity contribution in [3.63, 3.8) is 0 Å². The number of carbonyl (C=O) groups is 1. The second kappa shape index (κ2) is 9.11. The number of benzene rings is 2. The molecule has 1 N–H and O–H groups in total. The van der Waals surface area contributed by atoms with E-state index in [2.05, 4.69) is 34.9 Å². The quantitative estimate of drug-likeness (QED) is 0.565. The maximum absolute atomic E-state index is 12.9. The molecule has 0 bridgehead atoms. The molecular weight excluding hydrogens is 460 g/mol. The van der Waals surface area contributed by atoms with Gasteiger partial charge < -0.3 is 9.64 Å². The Balaban J connectivity index is 1.46. The van der Waals surface area contributed by atoms with E-state index in [-0.39, 0.29) is 28.0 Å². The number of sulfonamides is 1. The molecule has 0 aliphatic carbocycles. The molecule has 2 aromatic carbocycles. The Morgan fingerprint density at radius 3 is 2.61 bits per heavy atom. The third-order valence-electron chi connectivity index (χ3n) is 5.45. The van der Waals surface area contributed by atoms with Gasteiger partial charge >= 0.3 is 0 Å². The Bertz CT molecular complexity index is 1230. The first-order valence-corrected chi connectivity index (χ1v) is 12.9.